The first-order valence-corrected chi connectivity index (χ1v) is 7.74. The first-order chi connectivity index (χ1) is 9.58. The molecule has 0 aromatic carbocycles. The van der Waals surface area contributed by atoms with Crippen LogP contribution in [-0.2, 0) is 19.4 Å². The second-order valence-corrected chi connectivity index (χ2v) is 5.90. The van der Waals surface area contributed by atoms with Crippen LogP contribution in [0.25, 0.3) is 0 Å². The SMILES string of the molecule is CCc1nc(COc2ccc(C)nc2CC(C)N)cs1. The van der Waals surface area contributed by atoms with Gasteiger partial charge in [-0.25, -0.2) is 4.98 Å². The molecule has 5 heteroatoms. The van der Waals surface area contributed by atoms with Crippen molar-refractivity contribution in [1.82, 2.24) is 9.97 Å². The number of rotatable bonds is 6. The Kier molecular flexibility index (Phi) is 5.09. The molecule has 4 nitrogen and oxygen atoms in total. The molecule has 2 aromatic heterocycles. The first-order valence-electron chi connectivity index (χ1n) is 6.86. The molecule has 0 bridgehead atoms. The highest BCUT2D eigenvalue weighted by Crippen LogP contribution is 2.20. The van der Waals surface area contributed by atoms with Crippen molar-refractivity contribution in [3.8, 4) is 5.75 Å². The van der Waals surface area contributed by atoms with E-state index < -0.39 is 0 Å². The van der Waals surface area contributed by atoms with Gasteiger partial charge >= 0.3 is 0 Å². The Morgan fingerprint density at radius 1 is 1.35 bits per heavy atom. The van der Waals surface area contributed by atoms with Gasteiger partial charge in [-0.05, 0) is 32.4 Å². The second-order valence-electron chi connectivity index (χ2n) is 4.95. The first kappa shape index (κ1) is 14.9. The highest BCUT2D eigenvalue weighted by Gasteiger charge is 2.09. The Morgan fingerprint density at radius 2 is 2.15 bits per heavy atom. The van der Waals surface area contributed by atoms with Crippen molar-refractivity contribution >= 4 is 11.3 Å². The third-order valence-electron chi connectivity index (χ3n) is 2.86. The quantitative estimate of drug-likeness (QED) is 0.889. The van der Waals surface area contributed by atoms with E-state index in [2.05, 4.69) is 16.9 Å². The zero-order valence-corrected chi connectivity index (χ0v) is 13.0. The van der Waals surface area contributed by atoms with Gasteiger partial charge in [0.15, 0.2) is 0 Å². The molecule has 0 amide bonds. The summed E-state index contributed by atoms with van der Waals surface area (Å²) in [5.74, 6) is 0.805. The highest BCUT2D eigenvalue weighted by atomic mass is 32.1. The van der Waals surface area contributed by atoms with Crippen LogP contribution in [-0.4, -0.2) is 16.0 Å². The fourth-order valence-corrected chi connectivity index (χ4v) is 2.64. The summed E-state index contributed by atoms with van der Waals surface area (Å²) in [5.41, 5.74) is 8.74. The van der Waals surface area contributed by atoms with Gasteiger partial charge < -0.3 is 10.5 Å². The number of hydrogen-bond donors (Lipinski definition) is 1. The smallest absolute Gasteiger partial charge is 0.141 e. The van der Waals surface area contributed by atoms with Crippen molar-refractivity contribution in [3.63, 3.8) is 0 Å². The standard InChI is InChI=1S/C15H21N3OS/c1-4-15-18-12(9-20-15)8-19-14-6-5-11(3)17-13(14)7-10(2)16/h5-6,9-10H,4,7-8,16H2,1-3H3. The topological polar surface area (TPSA) is 61.0 Å². The Morgan fingerprint density at radius 3 is 2.80 bits per heavy atom. The Bertz CT molecular complexity index is 566. The maximum Gasteiger partial charge on any atom is 0.141 e. The van der Waals surface area contributed by atoms with Gasteiger partial charge in [0.25, 0.3) is 0 Å². The minimum absolute atomic E-state index is 0.0672. The van der Waals surface area contributed by atoms with Gasteiger partial charge in [0, 0.05) is 23.5 Å². The van der Waals surface area contributed by atoms with Crippen LogP contribution in [0.4, 0.5) is 0 Å². The second kappa shape index (κ2) is 6.81. The maximum atomic E-state index is 5.87. The van der Waals surface area contributed by atoms with E-state index in [0.717, 1.165) is 34.3 Å². The lowest BCUT2D eigenvalue weighted by atomic mass is 10.1. The zero-order valence-electron chi connectivity index (χ0n) is 12.2. The number of aromatic nitrogens is 2. The summed E-state index contributed by atoms with van der Waals surface area (Å²) < 4.78 is 5.86. The molecule has 0 saturated heterocycles. The number of nitrogens with zero attached hydrogens (tertiary/aromatic N) is 2. The number of aryl methyl sites for hydroxylation is 2. The number of ether oxygens (including phenoxy) is 1. The molecule has 2 rings (SSSR count). The lowest BCUT2D eigenvalue weighted by molar-refractivity contribution is 0.296. The summed E-state index contributed by atoms with van der Waals surface area (Å²) in [5, 5.41) is 3.19. The molecule has 1 atom stereocenters. The molecular weight excluding hydrogens is 270 g/mol. The summed E-state index contributed by atoms with van der Waals surface area (Å²) in [6, 6.07) is 3.99. The van der Waals surface area contributed by atoms with E-state index in [1.807, 2.05) is 31.4 Å². The van der Waals surface area contributed by atoms with E-state index >= 15 is 0 Å². The van der Waals surface area contributed by atoms with Crippen LogP contribution in [0.15, 0.2) is 17.5 Å². The molecule has 0 spiro atoms. The maximum absolute atomic E-state index is 5.87. The molecule has 0 aliphatic rings. The van der Waals surface area contributed by atoms with Gasteiger partial charge in [-0.2, -0.15) is 0 Å². The Hall–Kier alpha value is -1.46. The number of thiazole rings is 1. The van der Waals surface area contributed by atoms with Crippen LogP contribution < -0.4 is 10.5 Å². The fraction of sp³-hybridized carbons (Fsp3) is 0.467. The Balaban J connectivity index is 2.08. The van der Waals surface area contributed by atoms with E-state index in [1.54, 1.807) is 11.3 Å². The minimum Gasteiger partial charge on any atom is -0.485 e. The average molecular weight is 291 g/mol. The van der Waals surface area contributed by atoms with E-state index in [4.69, 9.17) is 10.5 Å². The van der Waals surface area contributed by atoms with E-state index in [1.165, 1.54) is 0 Å². The van der Waals surface area contributed by atoms with Crippen molar-refractivity contribution in [3.05, 3.63) is 39.6 Å². The third kappa shape index (κ3) is 4.02. The minimum atomic E-state index is 0.0672. The lowest BCUT2D eigenvalue weighted by Gasteiger charge is -2.12. The van der Waals surface area contributed by atoms with Crippen molar-refractivity contribution < 1.29 is 4.74 Å². The lowest BCUT2D eigenvalue weighted by Crippen LogP contribution is -2.19. The molecule has 0 fully saturated rings. The van der Waals surface area contributed by atoms with Crippen LogP contribution in [0.3, 0.4) is 0 Å². The number of pyridine rings is 1. The van der Waals surface area contributed by atoms with Crippen molar-refractivity contribution in [1.29, 1.82) is 0 Å². The summed E-state index contributed by atoms with van der Waals surface area (Å²) in [6.45, 7) is 6.53. The molecule has 20 heavy (non-hydrogen) atoms. The van der Waals surface area contributed by atoms with Crippen LogP contribution >= 0.6 is 11.3 Å². The van der Waals surface area contributed by atoms with Crippen LogP contribution in [0.5, 0.6) is 5.75 Å². The predicted octanol–water partition coefficient (Wildman–Crippen LogP) is 2.88. The predicted molar refractivity (Wildman–Crippen MR) is 82.2 cm³/mol. The van der Waals surface area contributed by atoms with E-state index in [0.29, 0.717) is 13.0 Å². The number of hydrogen-bond acceptors (Lipinski definition) is 5. The largest absolute Gasteiger partial charge is 0.485 e. The zero-order chi connectivity index (χ0) is 14.5. The summed E-state index contributed by atoms with van der Waals surface area (Å²) in [6.07, 6.45) is 1.68. The van der Waals surface area contributed by atoms with Crippen molar-refractivity contribution in [2.24, 2.45) is 5.73 Å². The van der Waals surface area contributed by atoms with E-state index in [-0.39, 0.29) is 6.04 Å². The molecule has 108 valence electrons. The third-order valence-corrected chi connectivity index (χ3v) is 3.91. The van der Waals surface area contributed by atoms with Gasteiger partial charge in [-0.1, -0.05) is 6.92 Å². The molecule has 0 radical (unpaired) electrons. The highest BCUT2D eigenvalue weighted by molar-refractivity contribution is 7.09. The summed E-state index contributed by atoms with van der Waals surface area (Å²) in [7, 11) is 0. The molecule has 1 unspecified atom stereocenters. The van der Waals surface area contributed by atoms with Crippen LogP contribution in [0.1, 0.15) is 35.9 Å². The van der Waals surface area contributed by atoms with Gasteiger partial charge in [-0.15, -0.1) is 11.3 Å². The van der Waals surface area contributed by atoms with Crippen LogP contribution in [0, 0.1) is 6.92 Å². The molecular formula is C15H21N3OS. The van der Waals surface area contributed by atoms with Gasteiger partial charge in [0.2, 0.25) is 0 Å². The van der Waals surface area contributed by atoms with Gasteiger partial charge in [-0.3, -0.25) is 4.98 Å². The average Bonchev–Trinajstić information content (AvgIpc) is 2.85. The summed E-state index contributed by atoms with van der Waals surface area (Å²) in [4.78, 5) is 9.02. The van der Waals surface area contributed by atoms with Crippen molar-refractivity contribution in [2.45, 2.75) is 46.3 Å². The molecule has 0 aliphatic heterocycles. The van der Waals surface area contributed by atoms with E-state index in [9.17, 15) is 0 Å². The monoisotopic (exact) mass is 291 g/mol. The molecule has 2 aromatic rings. The van der Waals surface area contributed by atoms with Crippen molar-refractivity contribution in [2.75, 3.05) is 0 Å². The molecule has 0 saturated carbocycles. The molecule has 2 N–H and O–H groups in total. The van der Waals surface area contributed by atoms with Crippen LogP contribution in [0.2, 0.25) is 0 Å². The fourth-order valence-electron chi connectivity index (χ4n) is 1.91. The summed E-state index contributed by atoms with van der Waals surface area (Å²) >= 11 is 1.68. The molecule has 2 heterocycles. The normalized spacial score (nSPS) is 12.4. The number of nitrogens with two attached hydrogens (primary N) is 1. The molecule has 0 aliphatic carbocycles. The Labute approximate surface area is 124 Å². The van der Waals surface area contributed by atoms with Gasteiger partial charge in [0.05, 0.1) is 16.4 Å². The van der Waals surface area contributed by atoms with Gasteiger partial charge in [0.1, 0.15) is 12.4 Å².